The summed E-state index contributed by atoms with van der Waals surface area (Å²) in [5.74, 6) is 0. The van der Waals surface area contributed by atoms with E-state index in [0.717, 1.165) is 0 Å². The molecule has 0 aliphatic heterocycles. The third-order valence-corrected chi connectivity index (χ3v) is 2.50. The maximum atomic E-state index is 10.7. The lowest BCUT2D eigenvalue weighted by atomic mass is 10.1. The highest BCUT2D eigenvalue weighted by Gasteiger charge is 2.18. The zero-order chi connectivity index (χ0) is 10.7. The number of nitrogens with zero attached hydrogens (tertiary/aromatic N) is 2. The smallest absolute Gasteiger partial charge is 0.287 e. The molecule has 2 N–H and O–H groups in total. The van der Waals surface area contributed by atoms with Crippen LogP contribution in [0.25, 0.3) is 0 Å². The normalized spacial score (nSPS) is 9.50. The van der Waals surface area contributed by atoms with Gasteiger partial charge in [0.1, 0.15) is 0 Å². The van der Waals surface area contributed by atoms with Gasteiger partial charge in [0.25, 0.3) is 5.69 Å². The van der Waals surface area contributed by atoms with E-state index in [1.807, 2.05) is 28.7 Å². The maximum absolute atomic E-state index is 10.7. The molecule has 0 radical (unpaired) electrons. The molecule has 0 aliphatic carbocycles. The van der Waals surface area contributed by atoms with E-state index in [-0.39, 0.29) is 12.2 Å². The molecule has 1 aromatic rings. The minimum atomic E-state index is -0.481. The largest absolute Gasteiger partial charge is 0.326 e. The Balaban J connectivity index is 3.44. The molecule has 0 atom stereocenters. The number of nitriles is 1. The topological polar surface area (TPSA) is 92.9 Å². The first-order chi connectivity index (χ1) is 6.60. The standard InChI is InChI=1S/C8H6IN3O2/c9-7-2-5(3-10)1-6(4-11)8(7)12(13)14/h1-2H,4,11H2. The van der Waals surface area contributed by atoms with E-state index in [1.165, 1.54) is 12.1 Å². The summed E-state index contributed by atoms with van der Waals surface area (Å²) in [6.45, 7) is 0.0574. The van der Waals surface area contributed by atoms with Gasteiger partial charge in [0.2, 0.25) is 0 Å². The number of halogens is 1. The zero-order valence-electron chi connectivity index (χ0n) is 7.03. The highest BCUT2D eigenvalue weighted by atomic mass is 127. The van der Waals surface area contributed by atoms with E-state index in [0.29, 0.717) is 14.7 Å². The third kappa shape index (κ3) is 2.00. The highest BCUT2D eigenvalue weighted by Crippen LogP contribution is 2.26. The Morgan fingerprint density at radius 1 is 1.64 bits per heavy atom. The molecule has 0 fully saturated rings. The van der Waals surface area contributed by atoms with Gasteiger partial charge in [0.15, 0.2) is 0 Å². The first-order valence-corrected chi connectivity index (χ1v) is 4.75. The summed E-state index contributed by atoms with van der Waals surface area (Å²) in [7, 11) is 0. The molecule has 0 aliphatic rings. The molecule has 0 aromatic heterocycles. The monoisotopic (exact) mass is 303 g/mol. The quantitative estimate of drug-likeness (QED) is 0.509. The van der Waals surface area contributed by atoms with Crippen LogP contribution < -0.4 is 5.73 Å². The molecule has 72 valence electrons. The number of rotatable bonds is 2. The number of nitrogens with two attached hydrogens (primary N) is 1. The van der Waals surface area contributed by atoms with E-state index >= 15 is 0 Å². The van der Waals surface area contributed by atoms with Gasteiger partial charge in [-0.15, -0.1) is 0 Å². The molecule has 1 rings (SSSR count). The van der Waals surface area contributed by atoms with Crippen LogP contribution in [0.4, 0.5) is 5.69 Å². The van der Waals surface area contributed by atoms with E-state index in [4.69, 9.17) is 11.0 Å². The Bertz CT molecular complexity index is 425. The summed E-state index contributed by atoms with van der Waals surface area (Å²) >= 11 is 1.83. The van der Waals surface area contributed by atoms with Crippen molar-refractivity contribution < 1.29 is 4.92 Å². The lowest BCUT2D eigenvalue weighted by Crippen LogP contribution is -2.04. The second kappa shape index (κ2) is 4.34. The third-order valence-electron chi connectivity index (χ3n) is 1.67. The van der Waals surface area contributed by atoms with Crippen LogP contribution in [0.1, 0.15) is 11.1 Å². The SMILES string of the molecule is N#Cc1cc(I)c([N+](=O)[O-])c(CN)c1. The lowest BCUT2D eigenvalue weighted by Gasteiger charge is -2.02. The summed E-state index contributed by atoms with van der Waals surface area (Å²) in [4.78, 5) is 10.2. The molecule has 0 amide bonds. The van der Waals surface area contributed by atoms with Crippen molar-refractivity contribution in [2.75, 3.05) is 0 Å². The second-order valence-electron chi connectivity index (χ2n) is 2.54. The van der Waals surface area contributed by atoms with Gasteiger partial charge < -0.3 is 5.73 Å². The molecule has 6 heteroatoms. The van der Waals surface area contributed by atoms with Gasteiger partial charge in [-0.1, -0.05) is 0 Å². The lowest BCUT2D eigenvalue weighted by molar-refractivity contribution is -0.386. The average molecular weight is 303 g/mol. The Kier molecular flexibility index (Phi) is 3.38. The molecule has 1 aromatic carbocycles. The number of nitro benzene ring substituents is 1. The van der Waals surface area contributed by atoms with Crippen LogP contribution in [0, 0.1) is 25.0 Å². The van der Waals surface area contributed by atoms with Crippen molar-refractivity contribution in [2.24, 2.45) is 5.73 Å². The fourth-order valence-electron chi connectivity index (χ4n) is 1.08. The maximum Gasteiger partial charge on any atom is 0.287 e. The minimum Gasteiger partial charge on any atom is -0.326 e. The minimum absolute atomic E-state index is 0.00731. The van der Waals surface area contributed by atoms with E-state index in [9.17, 15) is 10.1 Å². The van der Waals surface area contributed by atoms with Gasteiger partial charge in [0, 0.05) is 12.1 Å². The van der Waals surface area contributed by atoms with Crippen LogP contribution in [0.2, 0.25) is 0 Å². The predicted molar refractivity (Wildman–Crippen MR) is 58.4 cm³/mol. The summed E-state index contributed by atoms with van der Waals surface area (Å²) in [6.07, 6.45) is 0. The summed E-state index contributed by atoms with van der Waals surface area (Å²) in [5.41, 5.74) is 6.13. The number of hydrogen-bond donors (Lipinski definition) is 1. The van der Waals surface area contributed by atoms with E-state index in [1.54, 1.807) is 0 Å². The summed E-state index contributed by atoms with van der Waals surface area (Å²) in [5, 5.41) is 19.3. The summed E-state index contributed by atoms with van der Waals surface area (Å²) in [6, 6.07) is 4.84. The van der Waals surface area contributed by atoms with Crippen LogP contribution >= 0.6 is 22.6 Å². The Labute approximate surface area is 93.8 Å². The van der Waals surface area contributed by atoms with Gasteiger partial charge in [-0.05, 0) is 34.7 Å². The number of nitro groups is 1. The second-order valence-corrected chi connectivity index (χ2v) is 3.70. The first kappa shape index (κ1) is 10.9. The van der Waals surface area contributed by atoms with Crippen molar-refractivity contribution in [2.45, 2.75) is 6.54 Å². The highest BCUT2D eigenvalue weighted by molar-refractivity contribution is 14.1. The van der Waals surface area contributed by atoms with Crippen molar-refractivity contribution in [1.29, 1.82) is 5.26 Å². The van der Waals surface area contributed by atoms with Crippen molar-refractivity contribution >= 4 is 28.3 Å². The van der Waals surface area contributed by atoms with Crippen LogP contribution in [-0.2, 0) is 6.54 Å². The molecular weight excluding hydrogens is 297 g/mol. The number of hydrogen-bond acceptors (Lipinski definition) is 4. The van der Waals surface area contributed by atoms with Gasteiger partial charge in [0.05, 0.1) is 20.1 Å². The fraction of sp³-hybridized carbons (Fsp3) is 0.125. The van der Waals surface area contributed by atoms with E-state index < -0.39 is 4.92 Å². The van der Waals surface area contributed by atoms with Crippen LogP contribution in [0.5, 0.6) is 0 Å². The van der Waals surface area contributed by atoms with Crippen molar-refractivity contribution in [3.63, 3.8) is 0 Å². The molecule has 0 unspecified atom stereocenters. The molecule has 0 bridgehead atoms. The Hall–Kier alpha value is -1.20. The molecular formula is C8H6IN3O2. The van der Waals surface area contributed by atoms with E-state index in [2.05, 4.69) is 0 Å². The van der Waals surface area contributed by atoms with Crippen LogP contribution in [0.15, 0.2) is 12.1 Å². The van der Waals surface area contributed by atoms with Crippen molar-refractivity contribution in [1.82, 2.24) is 0 Å². The zero-order valence-corrected chi connectivity index (χ0v) is 9.19. The molecule has 14 heavy (non-hydrogen) atoms. The Morgan fingerprint density at radius 3 is 2.71 bits per heavy atom. The average Bonchev–Trinajstić information content (AvgIpc) is 2.15. The molecule has 0 saturated heterocycles. The van der Waals surface area contributed by atoms with Gasteiger partial charge >= 0.3 is 0 Å². The van der Waals surface area contributed by atoms with Gasteiger partial charge in [-0.2, -0.15) is 5.26 Å². The van der Waals surface area contributed by atoms with Gasteiger partial charge in [-0.25, -0.2) is 0 Å². The van der Waals surface area contributed by atoms with Crippen molar-refractivity contribution in [3.8, 4) is 6.07 Å². The molecule has 5 nitrogen and oxygen atoms in total. The Morgan fingerprint density at radius 2 is 2.29 bits per heavy atom. The fourth-order valence-corrected chi connectivity index (χ4v) is 1.96. The van der Waals surface area contributed by atoms with Crippen LogP contribution in [0.3, 0.4) is 0 Å². The van der Waals surface area contributed by atoms with Crippen molar-refractivity contribution in [3.05, 3.63) is 36.9 Å². The van der Waals surface area contributed by atoms with Crippen LogP contribution in [-0.4, -0.2) is 4.92 Å². The first-order valence-electron chi connectivity index (χ1n) is 3.67. The predicted octanol–water partition coefficient (Wildman–Crippen LogP) is 1.53. The molecule has 0 spiro atoms. The molecule has 0 heterocycles. The molecule has 0 saturated carbocycles. The summed E-state index contributed by atoms with van der Waals surface area (Å²) < 4.78 is 0.437. The number of benzene rings is 1. The van der Waals surface area contributed by atoms with Gasteiger partial charge in [-0.3, -0.25) is 10.1 Å².